The molecule has 2 unspecified atom stereocenters. The highest BCUT2D eigenvalue weighted by Gasteiger charge is 2.30. The number of hydrogen-bond donors (Lipinski definition) is 2. The molecule has 2 N–H and O–H groups in total. The summed E-state index contributed by atoms with van der Waals surface area (Å²) in [5, 5.41) is 0. The number of carbonyl (C=O) groups excluding carboxylic acids is 1. The number of esters is 1. The number of quaternary nitrogens is 1. The molecule has 0 radical (unpaired) electrons. The number of carbonyl (C=O) groups is 1. The number of ether oxygens (including phenoxy) is 1. The van der Waals surface area contributed by atoms with Gasteiger partial charge in [0.2, 0.25) is 0 Å². The SMILES string of the molecule is C=C(C)C(=O)OCCC(C[N+](C)(C)C)OP(=O)(O)ONCC. The summed E-state index contributed by atoms with van der Waals surface area (Å²) in [6.07, 6.45) is -0.332. The lowest BCUT2D eigenvalue weighted by Crippen LogP contribution is -2.42. The first-order chi connectivity index (χ1) is 9.97. The maximum Gasteiger partial charge on any atom is 0.489 e. The lowest BCUT2D eigenvalue weighted by atomic mass is 10.2. The molecule has 0 spiro atoms. The third kappa shape index (κ3) is 10.9. The van der Waals surface area contributed by atoms with Gasteiger partial charge < -0.3 is 14.1 Å². The van der Waals surface area contributed by atoms with Gasteiger partial charge >= 0.3 is 13.8 Å². The van der Waals surface area contributed by atoms with Crippen molar-refractivity contribution in [3.8, 4) is 0 Å². The molecule has 0 saturated heterocycles. The fourth-order valence-corrected chi connectivity index (χ4v) is 2.43. The van der Waals surface area contributed by atoms with E-state index in [1.54, 1.807) is 13.8 Å². The maximum atomic E-state index is 11.8. The first-order valence-electron chi connectivity index (χ1n) is 7.02. The average molecular weight is 339 g/mol. The molecule has 2 atom stereocenters. The molecule has 0 aliphatic heterocycles. The fraction of sp³-hybridized carbons (Fsp3) is 0.769. The Balaban J connectivity index is 4.59. The molecule has 0 rings (SSSR count). The summed E-state index contributed by atoms with van der Waals surface area (Å²) in [6.45, 7) is 7.64. The van der Waals surface area contributed by atoms with E-state index in [9.17, 15) is 14.3 Å². The summed E-state index contributed by atoms with van der Waals surface area (Å²) in [6, 6.07) is 0. The molecular weight excluding hydrogens is 311 g/mol. The van der Waals surface area contributed by atoms with Gasteiger partial charge in [-0.05, 0) is 6.92 Å². The quantitative estimate of drug-likeness (QED) is 0.192. The standard InChI is InChI=1S/C13H27N2O6P/c1-7-14-21-22(17,18)20-12(10-15(4,5)6)8-9-19-13(16)11(2)3/h12,14H,2,7-10H2,1,3-6H3/p+1. The van der Waals surface area contributed by atoms with Gasteiger partial charge in [-0.1, -0.05) is 13.5 Å². The van der Waals surface area contributed by atoms with E-state index in [0.717, 1.165) is 0 Å². The molecule has 0 saturated carbocycles. The molecule has 0 aromatic heterocycles. The number of phosphoric ester groups is 1. The lowest BCUT2D eigenvalue weighted by Gasteiger charge is -2.29. The third-order valence-corrected chi connectivity index (χ3v) is 3.30. The summed E-state index contributed by atoms with van der Waals surface area (Å²) in [5.74, 6) is -0.500. The third-order valence-electron chi connectivity index (χ3n) is 2.38. The van der Waals surface area contributed by atoms with Crippen molar-refractivity contribution >= 4 is 13.8 Å². The second-order valence-corrected chi connectivity index (χ2v) is 7.29. The molecule has 22 heavy (non-hydrogen) atoms. The first kappa shape index (κ1) is 21.2. The van der Waals surface area contributed by atoms with E-state index in [1.165, 1.54) is 0 Å². The van der Waals surface area contributed by atoms with Crippen molar-refractivity contribution in [1.29, 1.82) is 0 Å². The van der Waals surface area contributed by atoms with Crippen molar-refractivity contribution in [2.75, 3.05) is 40.8 Å². The van der Waals surface area contributed by atoms with E-state index < -0.39 is 19.9 Å². The van der Waals surface area contributed by atoms with E-state index >= 15 is 0 Å². The molecule has 8 nitrogen and oxygen atoms in total. The molecule has 130 valence electrons. The van der Waals surface area contributed by atoms with Gasteiger partial charge in [0.15, 0.2) is 0 Å². The van der Waals surface area contributed by atoms with Gasteiger partial charge in [-0.15, -0.1) is 0 Å². The highest BCUT2D eigenvalue weighted by molar-refractivity contribution is 7.47. The predicted molar refractivity (Wildman–Crippen MR) is 82.7 cm³/mol. The molecule has 0 bridgehead atoms. The zero-order chi connectivity index (χ0) is 17.4. The normalized spacial score (nSPS) is 15.9. The van der Waals surface area contributed by atoms with Crippen molar-refractivity contribution in [1.82, 2.24) is 5.48 Å². The van der Waals surface area contributed by atoms with Crippen LogP contribution in [0.1, 0.15) is 20.3 Å². The molecular formula is C13H28N2O6P+. The number of hydroxylamine groups is 1. The molecule has 0 fully saturated rings. The zero-order valence-corrected chi connectivity index (χ0v) is 14.9. The van der Waals surface area contributed by atoms with Gasteiger partial charge in [-0.25, -0.2) is 9.36 Å². The summed E-state index contributed by atoms with van der Waals surface area (Å²) in [7, 11) is 1.55. The minimum absolute atomic E-state index is 0.0670. The number of hydrogen-bond acceptors (Lipinski definition) is 6. The van der Waals surface area contributed by atoms with Crippen LogP contribution >= 0.6 is 7.82 Å². The van der Waals surface area contributed by atoms with Crippen LogP contribution in [0.3, 0.4) is 0 Å². The van der Waals surface area contributed by atoms with Crippen LogP contribution < -0.4 is 5.48 Å². The number of nitrogens with one attached hydrogen (secondary N) is 1. The second kappa shape index (κ2) is 9.39. The van der Waals surface area contributed by atoms with Crippen molar-refractivity contribution in [2.24, 2.45) is 0 Å². The minimum Gasteiger partial charge on any atom is -0.462 e. The van der Waals surface area contributed by atoms with Gasteiger partial charge in [0.25, 0.3) is 0 Å². The molecule has 0 aromatic carbocycles. The monoisotopic (exact) mass is 339 g/mol. The Morgan fingerprint density at radius 3 is 2.45 bits per heavy atom. The van der Waals surface area contributed by atoms with Crippen molar-refractivity contribution in [2.45, 2.75) is 26.4 Å². The van der Waals surface area contributed by atoms with Crippen LogP contribution in [0.25, 0.3) is 0 Å². The summed E-state index contributed by atoms with van der Waals surface area (Å²) < 4.78 is 27.1. The van der Waals surface area contributed by atoms with Crippen LogP contribution in [0.15, 0.2) is 12.2 Å². The largest absolute Gasteiger partial charge is 0.489 e. The van der Waals surface area contributed by atoms with Gasteiger partial charge in [0.05, 0.1) is 27.7 Å². The molecule has 9 heteroatoms. The molecule has 0 aromatic rings. The first-order valence-corrected chi connectivity index (χ1v) is 8.52. The van der Waals surface area contributed by atoms with Crippen LogP contribution in [0.5, 0.6) is 0 Å². The lowest BCUT2D eigenvalue weighted by molar-refractivity contribution is -0.873. The Morgan fingerprint density at radius 2 is 2.00 bits per heavy atom. The van der Waals surface area contributed by atoms with Crippen molar-refractivity contribution < 1.29 is 32.6 Å². The maximum absolute atomic E-state index is 11.8. The second-order valence-electron chi connectivity index (χ2n) is 5.96. The Kier molecular flexibility index (Phi) is 9.07. The van der Waals surface area contributed by atoms with E-state index in [1.807, 2.05) is 21.1 Å². The van der Waals surface area contributed by atoms with Crippen molar-refractivity contribution in [3.05, 3.63) is 12.2 Å². The van der Waals surface area contributed by atoms with E-state index in [-0.39, 0.29) is 13.0 Å². The van der Waals surface area contributed by atoms with Gasteiger partial charge in [-0.2, -0.15) is 10.1 Å². The number of nitrogens with zero attached hydrogens (tertiary/aromatic N) is 1. The van der Waals surface area contributed by atoms with Crippen LogP contribution in [0.4, 0.5) is 0 Å². The van der Waals surface area contributed by atoms with Gasteiger partial charge in [0, 0.05) is 18.5 Å². The molecule has 0 aliphatic rings. The highest BCUT2D eigenvalue weighted by Crippen LogP contribution is 2.44. The predicted octanol–water partition coefficient (Wildman–Crippen LogP) is 1.23. The van der Waals surface area contributed by atoms with E-state index in [2.05, 4.69) is 16.7 Å². The van der Waals surface area contributed by atoms with Crippen LogP contribution in [-0.2, 0) is 23.2 Å². The van der Waals surface area contributed by atoms with Gasteiger partial charge in [-0.3, -0.25) is 4.52 Å². The number of likely N-dealkylation sites (N-methyl/N-ethyl adjacent to an activating group) is 1. The Bertz CT molecular complexity index is 421. The highest BCUT2D eigenvalue weighted by atomic mass is 31.2. The Labute approximate surface area is 132 Å². The van der Waals surface area contributed by atoms with Crippen LogP contribution in [0, 0.1) is 0 Å². The summed E-state index contributed by atoms with van der Waals surface area (Å²) in [4.78, 5) is 21.0. The summed E-state index contributed by atoms with van der Waals surface area (Å²) in [5.41, 5.74) is 2.60. The zero-order valence-electron chi connectivity index (χ0n) is 14.0. The summed E-state index contributed by atoms with van der Waals surface area (Å²) >= 11 is 0. The van der Waals surface area contributed by atoms with E-state index in [4.69, 9.17) is 9.26 Å². The number of rotatable bonds is 11. The average Bonchev–Trinajstić information content (AvgIpc) is 2.33. The number of phosphoric acid groups is 1. The van der Waals surface area contributed by atoms with Crippen LogP contribution in [-0.4, -0.2) is 62.3 Å². The molecule has 0 heterocycles. The Hall–Kier alpha value is -0.760. The topological polar surface area (TPSA) is 94.1 Å². The molecule has 0 amide bonds. The fourth-order valence-electron chi connectivity index (χ4n) is 1.55. The van der Waals surface area contributed by atoms with Crippen LogP contribution in [0.2, 0.25) is 0 Å². The Morgan fingerprint density at radius 1 is 1.41 bits per heavy atom. The van der Waals surface area contributed by atoms with Gasteiger partial charge in [0.1, 0.15) is 12.6 Å². The minimum atomic E-state index is -4.21. The van der Waals surface area contributed by atoms with E-state index in [0.29, 0.717) is 23.1 Å². The smallest absolute Gasteiger partial charge is 0.462 e. The molecule has 0 aliphatic carbocycles. The van der Waals surface area contributed by atoms with Crippen molar-refractivity contribution in [3.63, 3.8) is 0 Å².